The lowest BCUT2D eigenvalue weighted by molar-refractivity contribution is -0.145. The number of hydrogen-bond acceptors (Lipinski definition) is 7. The van der Waals surface area contributed by atoms with E-state index in [4.69, 9.17) is 14.2 Å². The molecule has 1 N–H and O–H groups in total. The van der Waals surface area contributed by atoms with Gasteiger partial charge in [-0.25, -0.2) is 4.79 Å². The van der Waals surface area contributed by atoms with Gasteiger partial charge in [-0.1, -0.05) is 127 Å². The van der Waals surface area contributed by atoms with Crippen molar-refractivity contribution in [1.82, 2.24) is 10.2 Å². The summed E-state index contributed by atoms with van der Waals surface area (Å²) in [6, 6.07) is -0.240. The van der Waals surface area contributed by atoms with E-state index in [1.54, 1.807) is 0 Å². The van der Waals surface area contributed by atoms with Gasteiger partial charge in [0.25, 0.3) is 0 Å². The number of likely N-dealkylation sites (N-methyl/N-ethyl adjacent to an activating group) is 1. The molecule has 0 aliphatic heterocycles. The standard InChI is InChI=1S/C47H84N2O6/c1-5-7-9-11-13-15-17-19-21-23-25-27-29-31-33-37-45(50)53-41-35-36-44(48-47(52)55-43-40-49(3)4)39-42-54-46(51)38-34-32-30-28-26-24-22-20-18-16-14-12-10-8-6-2/h13-16,19-22,44H,5-12,17-18,23-43H2,1-4H3,(H,48,52)/b15-13-,16-14-,21-19-,22-20-. The molecule has 8 nitrogen and oxygen atoms in total. The molecule has 55 heavy (non-hydrogen) atoms. The van der Waals surface area contributed by atoms with Crippen LogP contribution in [0.25, 0.3) is 0 Å². The van der Waals surface area contributed by atoms with Crippen LogP contribution in [0.15, 0.2) is 48.6 Å². The van der Waals surface area contributed by atoms with Gasteiger partial charge < -0.3 is 24.4 Å². The molecule has 0 aliphatic carbocycles. The number of hydrogen-bond donors (Lipinski definition) is 1. The van der Waals surface area contributed by atoms with Crippen LogP contribution in [0.5, 0.6) is 0 Å². The number of carbonyl (C=O) groups excluding carboxylic acids is 3. The largest absolute Gasteiger partial charge is 0.466 e. The molecule has 0 rings (SSSR count). The lowest BCUT2D eigenvalue weighted by Gasteiger charge is -2.19. The van der Waals surface area contributed by atoms with Crippen molar-refractivity contribution >= 4 is 18.0 Å². The number of allylic oxidation sites excluding steroid dienone is 8. The summed E-state index contributed by atoms with van der Waals surface area (Å²) in [6.45, 7) is 5.93. The SMILES string of the molecule is CCCCC/C=C\C/C=C\CCCCCCCC(=O)OCCCC(CCOC(=O)CCCCCCC/C=C\C/C=C\CCCCC)NC(=O)OCCN(C)C. The predicted molar refractivity (Wildman–Crippen MR) is 231 cm³/mol. The molecule has 1 unspecified atom stereocenters. The van der Waals surface area contributed by atoms with Gasteiger partial charge in [-0.2, -0.15) is 0 Å². The van der Waals surface area contributed by atoms with Gasteiger partial charge in [0.15, 0.2) is 0 Å². The molecule has 0 aromatic heterocycles. The van der Waals surface area contributed by atoms with Crippen LogP contribution in [-0.4, -0.2) is 69.4 Å². The molecule has 0 saturated carbocycles. The maximum atomic E-state index is 12.4. The van der Waals surface area contributed by atoms with Crippen molar-refractivity contribution in [2.45, 2.75) is 193 Å². The number of esters is 2. The number of ether oxygens (including phenoxy) is 3. The van der Waals surface area contributed by atoms with Crippen molar-refractivity contribution in [3.63, 3.8) is 0 Å². The number of carbonyl (C=O) groups is 3. The Morgan fingerprint density at radius 3 is 1.40 bits per heavy atom. The van der Waals surface area contributed by atoms with Crippen LogP contribution in [0.2, 0.25) is 0 Å². The van der Waals surface area contributed by atoms with Crippen LogP contribution in [-0.2, 0) is 23.8 Å². The quantitative estimate of drug-likeness (QED) is 0.0288. The molecule has 0 bridgehead atoms. The third-order valence-electron chi connectivity index (χ3n) is 9.45. The van der Waals surface area contributed by atoms with E-state index in [1.807, 2.05) is 19.0 Å². The Kier molecular flexibility index (Phi) is 40.1. The van der Waals surface area contributed by atoms with Crippen molar-refractivity contribution in [3.05, 3.63) is 48.6 Å². The normalized spacial score (nSPS) is 12.5. The van der Waals surface area contributed by atoms with E-state index >= 15 is 0 Å². The summed E-state index contributed by atoms with van der Waals surface area (Å²) in [5, 5.41) is 2.91. The molecule has 8 heteroatoms. The highest BCUT2D eigenvalue weighted by molar-refractivity contribution is 5.69. The Labute approximate surface area is 338 Å². The van der Waals surface area contributed by atoms with Crippen LogP contribution >= 0.6 is 0 Å². The number of nitrogens with one attached hydrogen (secondary N) is 1. The van der Waals surface area contributed by atoms with Gasteiger partial charge in [-0.3, -0.25) is 9.59 Å². The number of unbranched alkanes of at least 4 members (excludes halogenated alkanes) is 16. The summed E-state index contributed by atoms with van der Waals surface area (Å²) in [6.07, 6.45) is 45.5. The lowest BCUT2D eigenvalue weighted by atomic mass is 10.1. The second-order valence-electron chi connectivity index (χ2n) is 15.1. The molecule has 0 fully saturated rings. The Hall–Kier alpha value is -2.87. The monoisotopic (exact) mass is 773 g/mol. The zero-order valence-corrected chi connectivity index (χ0v) is 36.0. The van der Waals surface area contributed by atoms with Crippen molar-refractivity contribution in [3.8, 4) is 0 Å². The van der Waals surface area contributed by atoms with Gasteiger partial charge in [-0.15, -0.1) is 0 Å². The van der Waals surface area contributed by atoms with E-state index in [9.17, 15) is 14.4 Å². The fraction of sp³-hybridized carbons (Fsp3) is 0.766. The van der Waals surface area contributed by atoms with Crippen molar-refractivity contribution in [2.75, 3.05) is 40.5 Å². The summed E-state index contributed by atoms with van der Waals surface area (Å²) >= 11 is 0. The maximum Gasteiger partial charge on any atom is 0.407 e. The molecular weight excluding hydrogens is 689 g/mol. The second-order valence-corrected chi connectivity index (χ2v) is 15.1. The molecule has 0 aromatic rings. The minimum atomic E-state index is -0.485. The van der Waals surface area contributed by atoms with E-state index in [2.05, 4.69) is 67.8 Å². The average Bonchev–Trinajstić information content (AvgIpc) is 3.16. The van der Waals surface area contributed by atoms with Crippen molar-refractivity contribution < 1.29 is 28.6 Å². The summed E-state index contributed by atoms with van der Waals surface area (Å²) in [4.78, 5) is 39.0. The molecule has 0 aliphatic rings. The van der Waals surface area contributed by atoms with Crippen molar-refractivity contribution in [1.29, 1.82) is 0 Å². The van der Waals surface area contributed by atoms with Gasteiger partial charge >= 0.3 is 18.0 Å². The van der Waals surface area contributed by atoms with Gasteiger partial charge in [0.05, 0.1) is 13.2 Å². The van der Waals surface area contributed by atoms with E-state index < -0.39 is 6.09 Å². The van der Waals surface area contributed by atoms with Crippen LogP contribution < -0.4 is 5.32 Å². The second kappa shape index (κ2) is 42.3. The highest BCUT2D eigenvalue weighted by Crippen LogP contribution is 2.12. The summed E-state index contributed by atoms with van der Waals surface area (Å²) in [7, 11) is 3.84. The molecule has 318 valence electrons. The van der Waals surface area contributed by atoms with Crippen LogP contribution in [0.4, 0.5) is 4.79 Å². The van der Waals surface area contributed by atoms with Crippen LogP contribution in [0.3, 0.4) is 0 Å². The summed E-state index contributed by atoms with van der Waals surface area (Å²) in [5.74, 6) is -0.360. The molecule has 0 heterocycles. The van der Waals surface area contributed by atoms with E-state index in [0.29, 0.717) is 51.9 Å². The van der Waals surface area contributed by atoms with E-state index in [1.165, 1.54) is 77.0 Å². The lowest BCUT2D eigenvalue weighted by Crippen LogP contribution is -2.37. The molecule has 0 saturated heterocycles. The third kappa shape index (κ3) is 42.1. The molecule has 1 amide bonds. The first-order valence-corrected chi connectivity index (χ1v) is 22.4. The Bertz CT molecular complexity index is 1010. The highest BCUT2D eigenvalue weighted by Gasteiger charge is 2.15. The first kappa shape index (κ1) is 52.1. The Morgan fingerprint density at radius 2 is 0.927 bits per heavy atom. The number of amides is 1. The smallest absolute Gasteiger partial charge is 0.407 e. The Morgan fingerprint density at radius 1 is 0.491 bits per heavy atom. The predicted octanol–water partition coefficient (Wildman–Crippen LogP) is 12.5. The number of rotatable bonds is 39. The fourth-order valence-corrected chi connectivity index (χ4v) is 5.95. The first-order valence-electron chi connectivity index (χ1n) is 22.4. The number of nitrogens with zero attached hydrogens (tertiary/aromatic N) is 1. The number of alkyl carbamates (subject to hydrolysis) is 1. The Balaban J connectivity index is 4.13. The minimum absolute atomic E-state index is 0.166. The molecule has 0 spiro atoms. The van der Waals surface area contributed by atoms with Gasteiger partial charge in [0, 0.05) is 31.8 Å². The van der Waals surface area contributed by atoms with Gasteiger partial charge in [0.2, 0.25) is 0 Å². The molecule has 0 aromatic carbocycles. The molecule has 1 atom stereocenters. The van der Waals surface area contributed by atoms with Crippen molar-refractivity contribution in [2.24, 2.45) is 0 Å². The van der Waals surface area contributed by atoms with Gasteiger partial charge in [0.1, 0.15) is 6.61 Å². The average molecular weight is 773 g/mol. The minimum Gasteiger partial charge on any atom is -0.466 e. The zero-order valence-electron chi connectivity index (χ0n) is 36.0. The molecule has 0 radical (unpaired) electrons. The van der Waals surface area contributed by atoms with E-state index in [-0.39, 0.29) is 24.6 Å². The molecular formula is C47H84N2O6. The first-order chi connectivity index (χ1) is 26.9. The zero-order chi connectivity index (χ0) is 40.3. The summed E-state index contributed by atoms with van der Waals surface area (Å²) in [5.41, 5.74) is 0. The summed E-state index contributed by atoms with van der Waals surface area (Å²) < 4.78 is 16.3. The highest BCUT2D eigenvalue weighted by atomic mass is 16.6. The van der Waals surface area contributed by atoms with E-state index in [0.717, 1.165) is 64.2 Å². The van der Waals surface area contributed by atoms with Gasteiger partial charge in [-0.05, 0) is 104 Å². The topological polar surface area (TPSA) is 94.2 Å². The third-order valence-corrected chi connectivity index (χ3v) is 9.45. The fourth-order valence-electron chi connectivity index (χ4n) is 5.95. The van der Waals surface area contributed by atoms with Crippen LogP contribution in [0, 0.1) is 0 Å². The van der Waals surface area contributed by atoms with Crippen LogP contribution in [0.1, 0.15) is 187 Å². The maximum absolute atomic E-state index is 12.4.